The van der Waals surface area contributed by atoms with Gasteiger partial charge in [0.05, 0.1) is 13.0 Å². The molecular formula is C13H22O5. The Balaban J connectivity index is 5.34. The van der Waals surface area contributed by atoms with E-state index in [4.69, 9.17) is 0 Å². The number of methoxy groups -OCH3 is 1. The lowest BCUT2D eigenvalue weighted by Gasteiger charge is -2.34. The zero-order valence-electron chi connectivity index (χ0n) is 11.3. The average molecular weight is 258 g/mol. The van der Waals surface area contributed by atoms with Crippen molar-refractivity contribution in [1.82, 2.24) is 0 Å². The summed E-state index contributed by atoms with van der Waals surface area (Å²) in [6, 6.07) is 0. The highest BCUT2D eigenvalue weighted by Gasteiger charge is 2.51. The normalized spacial score (nSPS) is 18.1. The SMILES string of the molecule is C/C=C/CC(C)C(O)(C(=O)O)C(CC)C(=O)OC. The fourth-order valence-corrected chi connectivity index (χ4v) is 2.02. The Bertz CT molecular complexity index is 323. The third-order valence-corrected chi connectivity index (χ3v) is 3.24. The first kappa shape index (κ1) is 16.6. The highest BCUT2D eigenvalue weighted by molar-refractivity contribution is 5.86. The maximum Gasteiger partial charge on any atom is 0.336 e. The number of allylic oxidation sites excluding steroid dienone is 2. The first-order valence-corrected chi connectivity index (χ1v) is 6.00. The van der Waals surface area contributed by atoms with E-state index in [2.05, 4.69) is 4.74 Å². The van der Waals surface area contributed by atoms with Gasteiger partial charge in [-0.1, -0.05) is 26.0 Å². The van der Waals surface area contributed by atoms with Gasteiger partial charge in [-0.05, 0) is 25.7 Å². The van der Waals surface area contributed by atoms with Crippen LogP contribution in [0.4, 0.5) is 0 Å². The van der Waals surface area contributed by atoms with Crippen molar-refractivity contribution in [3.8, 4) is 0 Å². The van der Waals surface area contributed by atoms with Crippen LogP contribution in [0.15, 0.2) is 12.2 Å². The van der Waals surface area contributed by atoms with Crippen LogP contribution < -0.4 is 0 Å². The molecule has 18 heavy (non-hydrogen) atoms. The third-order valence-electron chi connectivity index (χ3n) is 3.24. The molecule has 0 heterocycles. The Kier molecular flexibility index (Phi) is 6.62. The molecule has 0 aliphatic carbocycles. The highest BCUT2D eigenvalue weighted by Crippen LogP contribution is 2.32. The molecule has 2 N–H and O–H groups in total. The molecule has 0 aromatic rings. The van der Waals surface area contributed by atoms with Gasteiger partial charge >= 0.3 is 11.9 Å². The molecule has 0 saturated heterocycles. The number of carbonyl (C=O) groups is 2. The van der Waals surface area contributed by atoms with Crippen LogP contribution in [-0.2, 0) is 14.3 Å². The first-order valence-electron chi connectivity index (χ1n) is 6.00. The molecule has 0 radical (unpaired) electrons. The highest BCUT2D eigenvalue weighted by atomic mass is 16.5. The Labute approximate surface area is 107 Å². The van der Waals surface area contributed by atoms with Gasteiger partial charge in [-0.15, -0.1) is 0 Å². The van der Waals surface area contributed by atoms with Crippen molar-refractivity contribution >= 4 is 11.9 Å². The standard InChI is InChI=1S/C13H22O5/c1-5-7-8-9(3)13(17,12(15)16)10(6-2)11(14)18-4/h5,7,9-10,17H,6,8H2,1-4H3,(H,15,16)/b7-5+. The maximum absolute atomic E-state index is 11.6. The van der Waals surface area contributed by atoms with E-state index < -0.39 is 29.4 Å². The summed E-state index contributed by atoms with van der Waals surface area (Å²) in [5.41, 5.74) is -2.11. The summed E-state index contributed by atoms with van der Waals surface area (Å²) < 4.78 is 4.57. The largest absolute Gasteiger partial charge is 0.479 e. The van der Waals surface area contributed by atoms with Crippen molar-refractivity contribution in [2.45, 2.75) is 39.2 Å². The summed E-state index contributed by atoms with van der Waals surface area (Å²) in [4.78, 5) is 23.0. The number of hydrogen-bond donors (Lipinski definition) is 2. The van der Waals surface area contributed by atoms with E-state index >= 15 is 0 Å². The van der Waals surface area contributed by atoms with Gasteiger partial charge in [0.25, 0.3) is 0 Å². The van der Waals surface area contributed by atoms with Crippen LogP contribution in [0.3, 0.4) is 0 Å². The third kappa shape index (κ3) is 3.32. The lowest BCUT2D eigenvalue weighted by atomic mass is 9.75. The van der Waals surface area contributed by atoms with Crippen LogP contribution >= 0.6 is 0 Å². The number of hydrogen-bond acceptors (Lipinski definition) is 4. The molecule has 0 aliphatic heterocycles. The zero-order valence-corrected chi connectivity index (χ0v) is 11.3. The van der Waals surface area contributed by atoms with E-state index in [9.17, 15) is 19.8 Å². The average Bonchev–Trinajstić information content (AvgIpc) is 2.35. The minimum atomic E-state index is -2.11. The quantitative estimate of drug-likeness (QED) is 0.535. The van der Waals surface area contributed by atoms with Crippen molar-refractivity contribution < 1.29 is 24.5 Å². The summed E-state index contributed by atoms with van der Waals surface area (Å²) in [5.74, 6) is -3.75. The molecule has 0 spiro atoms. The molecular weight excluding hydrogens is 236 g/mol. The molecule has 0 bridgehead atoms. The van der Waals surface area contributed by atoms with Gasteiger partial charge in [-0.25, -0.2) is 4.79 Å². The van der Waals surface area contributed by atoms with Gasteiger partial charge in [0.1, 0.15) is 0 Å². The second-order valence-electron chi connectivity index (χ2n) is 4.32. The Morgan fingerprint density at radius 3 is 2.33 bits per heavy atom. The minimum absolute atomic E-state index is 0.204. The minimum Gasteiger partial charge on any atom is -0.479 e. The molecule has 5 nitrogen and oxygen atoms in total. The molecule has 0 aromatic carbocycles. The van der Waals surface area contributed by atoms with Gasteiger partial charge in [0.2, 0.25) is 0 Å². The number of aliphatic hydroxyl groups is 1. The summed E-state index contributed by atoms with van der Waals surface area (Å²) in [5, 5.41) is 19.7. The van der Waals surface area contributed by atoms with Crippen molar-refractivity contribution in [1.29, 1.82) is 0 Å². The molecule has 3 atom stereocenters. The van der Waals surface area contributed by atoms with E-state index in [0.29, 0.717) is 6.42 Å². The molecule has 5 heteroatoms. The Morgan fingerprint density at radius 1 is 1.44 bits per heavy atom. The number of carboxylic acids is 1. The molecule has 0 aromatic heterocycles. The molecule has 0 aliphatic rings. The van der Waals surface area contributed by atoms with Crippen LogP contribution in [0, 0.1) is 11.8 Å². The van der Waals surface area contributed by atoms with Gasteiger partial charge < -0.3 is 14.9 Å². The molecule has 104 valence electrons. The van der Waals surface area contributed by atoms with Crippen molar-refractivity contribution in [3.63, 3.8) is 0 Å². The van der Waals surface area contributed by atoms with Gasteiger partial charge in [0.15, 0.2) is 5.60 Å². The molecule has 0 rings (SSSR count). The lowest BCUT2D eigenvalue weighted by molar-refractivity contribution is -0.183. The lowest BCUT2D eigenvalue weighted by Crippen LogP contribution is -2.54. The Hall–Kier alpha value is -1.36. The molecule has 0 amide bonds. The van der Waals surface area contributed by atoms with Crippen LogP contribution in [0.5, 0.6) is 0 Å². The first-order chi connectivity index (χ1) is 8.35. The van der Waals surface area contributed by atoms with Crippen LogP contribution in [0.1, 0.15) is 33.6 Å². The van der Waals surface area contributed by atoms with Gasteiger partial charge in [-0.3, -0.25) is 4.79 Å². The number of ether oxygens (including phenoxy) is 1. The molecule has 0 fully saturated rings. The van der Waals surface area contributed by atoms with Crippen LogP contribution in [-0.4, -0.2) is 34.9 Å². The molecule has 3 unspecified atom stereocenters. The van der Waals surface area contributed by atoms with Gasteiger partial charge in [-0.2, -0.15) is 0 Å². The Morgan fingerprint density at radius 2 is 2.00 bits per heavy atom. The van der Waals surface area contributed by atoms with E-state index in [1.165, 1.54) is 7.11 Å². The number of aliphatic carboxylic acids is 1. The fraction of sp³-hybridized carbons (Fsp3) is 0.692. The summed E-state index contributed by atoms with van der Waals surface area (Å²) >= 11 is 0. The van der Waals surface area contributed by atoms with E-state index in [1.54, 1.807) is 26.0 Å². The number of rotatable bonds is 7. The summed E-state index contributed by atoms with van der Waals surface area (Å²) in [7, 11) is 1.18. The van der Waals surface area contributed by atoms with Crippen LogP contribution in [0.25, 0.3) is 0 Å². The second-order valence-corrected chi connectivity index (χ2v) is 4.32. The summed E-state index contributed by atoms with van der Waals surface area (Å²) in [6.45, 7) is 5.07. The van der Waals surface area contributed by atoms with E-state index in [-0.39, 0.29) is 6.42 Å². The number of carboxylic acid groups (broad SMARTS) is 1. The van der Waals surface area contributed by atoms with Crippen molar-refractivity contribution in [2.75, 3.05) is 7.11 Å². The van der Waals surface area contributed by atoms with E-state index in [0.717, 1.165) is 0 Å². The fourth-order valence-electron chi connectivity index (χ4n) is 2.02. The van der Waals surface area contributed by atoms with Gasteiger partial charge in [0, 0.05) is 0 Å². The van der Waals surface area contributed by atoms with E-state index in [1.807, 2.05) is 6.92 Å². The van der Waals surface area contributed by atoms with Crippen molar-refractivity contribution in [2.24, 2.45) is 11.8 Å². The number of carbonyl (C=O) groups excluding carboxylic acids is 1. The molecule has 0 saturated carbocycles. The smallest absolute Gasteiger partial charge is 0.336 e. The number of esters is 1. The predicted octanol–water partition coefficient (Wildman–Crippen LogP) is 1.60. The van der Waals surface area contributed by atoms with Crippen LogP contribution in [0.2, 0.25) is 0 Å². The zero-order chi connectivity index (χ0) is 14.3. The maximum atomic E-state index is 11.6. The second kappa shape index (κ2) is 7.16. The predicted molar refractivity (Wildman–Crippen MR) is 67.0 cm³/mol. The van der Waals surface area contributed by atoms with Crippen molar-refractivity contribution in [3.05, 3.63) is 12.2 Å². The monoisotopic (exact) mass is 258 g/mol. The summed E-state index contributed by atoms with van der Waals surface area (Å²) in [6.07, 6.45) is 4.13. The topological polar surface area (TPSA) is 83.8 Å².